The van der Waals surface area contributed by atoms with Crippen LogP contribution in [0.4, 0.5) is 0 Å². The van der Waals surface area contributed by atoms with Crippen LogP contribution in [0.1, 0.15) is 39.2 Å². The molecule has 22 heavy (non-hydrogen) atoms. The topological polar surface area (TPSA) is 83.5 Å². The van der Waals surface area contributed by atoms with Gasteiger partial charge >= 0.3 is 5.97 Å². The highest BCUT2D eigenvalue weighted by Gasteiger charge is 2.24. The largest absolute Gasteiger partial charge is 0.480 e. The van der Waals surface area contributed by atoms with Crippen molar-refractivity contribution in [2.24, 2.45) is 5.41 Å². The Balaban J connectivity index is 2.64. The van der Waals surface area contributed by atoms with Crippen molar-refractivity contribution < 1.29 is 18.3 Å². The van der Waals surface area contributed by atoms with E-state index in [9.17, 15) is 18.3 Å². The molecule has 0 aliphatic carbocycles. The van der Waals surface area contributed by atoms with Gasteiger partial charge in [-0.1, -0.05) is 51.1 Å². The lowest BCUT2D eigenvalue weighted by atomic mass is 9.91. The smallest absolute Gasteiger partial charge is 0.322 e. The Kier molecular flexibility index (Phi) is 6.56. The Morgan fingerprint density at radius 3 is 2.32 bits per heavy atom. The minimum absolute atomic E-state index is 0.0527. The van der Waals surface area contributed by atoms with Crippen LogP contribution in [0.5, 0.6) is 0 Å². The van der Waals surface area contributed by atoms with Crippen molar-refractivity contribution in [3.63, 3.8) is 0 Å². The molecule has 0 bridgehead atoms. The van der Waals surface area contributed by atoms with Crippen molar-refractivity contribution in [3.8, 4) is 0 Å². The van der Waals surface area contributed by atoms with E-state index in [0.29, 0.717) is 6.42 Å². The molecule has 0 heterocycles. The summed E-state index contributed by atoms with van der Waals surface area (Å²) in [5.41, 5.74) is 0.846. The van der Waals surface area contributed by atoms with Crippen LogP contribution in [-0.2, 0) is 21.2 Å². The van der Waals surface area contributed by atoms with Gasteiger partial charge in [-0.3, -0.25) is 4.79 Å². The predicted octanol–water partition coefficient (Wildman–Crippen LogP) is 2.43. The lowest BCUT2D eigenvalue weighted by Crippen LogP contribution is -2.43. The zero-order valence-electron chi connectivity index (χ0n) is 13.4. The molecule has 2 N–H and O–H groups in total. The molecule has 5 nitrogen and oxygen atoms in total. The van der Waals surface area contributed by atoms with Crippen LogP contribution in [0.3, 0.4) is 0 Å². The Hall–Kier alpha value is -1.40. The summed E-state index contributed by atoms with van der Waals surface area (Å²) in [5, 5.41) is 9.23. The van der Waals surface area contributed by atoms with Gasteiger partial charge in [-0.05, 0) is 30.2 Å². The van der Waals surface area contributed by atoms with Crippen LogP contribution in [0.2, 0.25) is 0 Å². The number of nitrogens with one attached hydrogen (secondary N) is 1. The first-order valence-corrected chi connectivity index (χ1v) is 9.01. The van der Waals surface area contributed by atoms with Crippen LogP contribution in [0.15, 0.2) is 30.3 Å². The number of hydrogen-bond acceptors (Lipinski definition) is 3. The maximum Gasteiger partial charge on any atom is 0.322 e. The molecule has 0 fully saturated rings. The second-order valence-corrected chi connectivity index (χ2v) is 8.55. The van der Waals surface area contributed by atoms with Crippen LogP contribution in [0.25, 0.3) is 0 Å². The average molecular weight is 327 g/mol. The summed E-state index contributed by atoms with van der Waals surface area (Å²) in [6.07, 6.45) is 1.41. The molecule has 0 amide bonds. The van der Waals surface area contributed by atoms with Crippen molar-refractivity contribution in [3.05, 3.63) is 35.9 Å². The van der Waals surface area contributed by atoms with Gasteiger partial charge in [-0.2, -0.15) is 0 Å². The van der Waals surface area contributed by atoms with Gasteiger partial charge in [0.1, 0.15) is 6.04 Å². The van der Waals surface area contributed by atoms with Gasteiger partial charge in [0, 0.05) is 0 Å². The van der Waals surface area contributed by atoms with E-state index in [2.05, 4.69) is 4.72 Å². The van der Waals surface area contributed by atoms with Gasteiger partial charge < -0.3 is 5.11 Å². The highest BCUT2D eigenvalue weighted by atomic mass is 32.2. The third-order valence-corrected chi connectivity index (χ3v) is 4.71. The van der Waals surface area contributed by atoms with Crippen molar-refractivity contribution in [1.82, 2.24) is 4.72 Å². The molecule has 0 radical (unpaired) electrons. The molecule has 0 spiro atoms. The second kappa shape index (κ2) is 7.74. The molecule has 0 unspecified atom stereocenters. The number of carbonyl (C=O) groups is 1. The van der Waals surface area contributed by atoms with E-state index in [0.717, 1.165) is 12.0 Å². The molecule has 0 aliphatic heterocycles. The summed E-state index contributed by atoms with van der Waals surface area (Å²) in [5.74, 6) is -1.22. The Morgan fingerprint density at radius 2 is 1.82 bits per heavy atom. The molecule has 1 rings (SSSR count). The SMILES string of the molecule is CC(C)(C)CCCS(=O)(=O)N[C@H](Cc1ccccc1)C(=O)O. The van der Waals surface area contributed by atoms with E-state index in [4.69, 9.17) is 0 Å². The van der Waals surface area contributed by atoms with Crippen LogP contribution >= 0.6 is 0 Å². The monoisotopic (exact) mass is 327 g/mol. The average Bonchev–Trinajstić information content (AvgIpc) is 2.37. The Bertz CT molecular complexity index is 576. The maximum atomic E-state index is 12.0. The highest BCUT2D eigenvalue weighted by Crippen LogP contribution is 2.20. The van der Waals surface area contributed by atoms with Gasteiger partial charge in [-0.15, -0.1) is 0 Å². The molecule has 0 saturated carbocycles. The summed E-state index contributed by atoms with van der Waals surface area (Å²) in [4.78, 5) is 11.3. The van der Waals surface area contributed by atoms with Crippen molar-refractivity contribution in [2.75, 3.05) is 5.75 Å². The zero-order chi connectivity index (χ0) is 16.8. The Morgan fingerprint density at radius 1 is 1.23 bits per heavy atom. The summed E-state index contributed by atoms with van der Waals surface area (Å²) in [7, 11) is -3.60. The standard InChI is InChI=1S/C16H25NO4S/c1-16(2,3)10-7-11-22(20,21)17-14(15(18)19)12-13-8-5-4-6-9-13/h4-6,8-9,14,17H,7,10-12H2,1-3H3,(H,18,19)/t14-/m1/s1. The normalized spacial score (nSPS) is 13.8. The molecule has 0 aliphatic rings. The molecule has 0 saturated heterocycles. The lowest BCUT2D eigenvalue weighted by molar-refractivity contribution is -0.138. The number of hydrogen-bond donors (Lipinski definition) is 2. The van der Waals surface area contributed by atoms with E-state index in [1.54, 1.807) is 24.3 Å². The highest BCUT2D eigenvalue weighted by molar-refractivity contribution is 7.89. The fraction of sp³-hybridized carbons (Fsp3) is 0.562. The van der Waals surface area contributed by atoms with Crippen LogP contribution in [-0.4, -0.2) is 31.3 Å². The quantitative estimate of drug-likeness (QED) is 0.768. The van der Waals surface area contributed by atoms with E-state index in [1.165, 1.54) is 0 Å². The van der Waals surface area contributed by atoms with Crippen molar-refractivity contribution in [2.45, 2.75) is 46.1 Å². The third-order valence-electron chi connectivity index (χ3n) is 3.24. The first-order valence-electron chi connectivity index (χ1n) is 7.36. The molecular formula is C16H25NO4S. The lowest BCUT2D eigenvalue weighted by Gasteiger charge is -2.19. The molecular weight excluding hydrogens is 302 g/mol. The summed E-state index contributed by atoms with van der Waals surface area (Å²) in [6, 6.07) is 7.85. The van der Waals surface area contributed by atoms with Gasteiger partial charge in [0.25, 0.3) is 0 Å². The van der Waals surface area contributed by atoms with Crippen molar-refractivity contribution >= 4 is 16.0 Å². The number of carboxylic acid groups (broad SMARTS) is 1. The second-order valence-electron chi connectivity index (χ2n) is 6.68. The molecule has 0 aromatic heterocycles. The van der Waals surface area contributed by atoms with Crippen LogP contribution in [0, 0.1) is 5.41 Å². The fourth-order valence-corrected chi connectivity index (χ4v) is 3.36. The number of sulfonamides is 1. The first-order chi connectivity index (χ1) is 10.1. The van der Waals surface area contributed by atoms with E-state index >= 15 is 0 Å². The minimum Gasteiger partial charge on any atom is -0.480 e. The van der Waals surface area contributed by atoms with E-state index in [-0.39, 0.29) is 17.6 Å². The zero-order valence-corrected chi connectivity index (χ0v) is 14.2. The van der Waals surface area contributed by atoms with Crippen molar-refractivity contribution in [1.29, 1.82) is 0 Å². The number of carboxylic acids is 1. The molecule has 1 aromatic rings. The van der Waals surface area contributed by atoms with Gasteiger partial charge in [0.2, 0.25) is 10.0 Å². The van der Waals surface area contributed by atoms with Gasteiger partial charge in [0.15, 0.2) is 0 Å². The molecule has 6 heteroatoms. The number of rotatable bonds is 8. The minimum atomic E-state index is -3.60. The van der Waals surface area contributed by atoms with E-state index in [1.807, 2.05) is 26.8 Å². The summed E-state index contributed by atoms with van der Waals surface area (Å²) in [6.45, 7) is 6.13. The third kappa shape index (κ3) is 7.56. The van der Waals surface area contributed by atoms with Gasteiger partial charge in [-0.25, -0.2) is 13.1 Å². The fourth-order valence-electron chi connectivity index (χ4n) is 2.10. The van der Waals surface area contributed by atoms with Crippen LogP contribution < -0.4 is 4.72 Å². The number of benzene rings is 1. The summed E-state index contributed by atoms with van der Waals surface area (Å²) < 4.78 is 26.4. The molecule has 1 aromatic carbocycles. The summed E-state index contributed by atoms with van der Waals surface area (Å²) >= 11 is 0. The Labute approximate surface area is 132 Å². The maximum absolute atomic E-state index is 12.0. The molecule has 1 atom stereocenters. The van der Waals surface area contributed by atoms with Gasteiger partial charge in [0.05, 0.1) is 5.75 Å². The number of aliphatic carboxylic acids is 1. The first kappa shape index (κ1) is 18.6. The predicted molar refractivity (Wildman–Crippen MR) is 87.2 cm³/mol. The molecule has 124 valence electrons. The van der Waals surface area contributed by atoms with E-state index < -0.39 is 22.0 Å².